The summed E-state index contributed by atoms with van der Waals surface area (Å²) in [7, 11) is 0. The van der Waals surface area contributed by atoms with Gasteiger partial charge in [0.1, 0.15) is 5.92 Å². The maximum absolute atomic E-state index is 10.7. The Labute approximate surface area is 58.8 Å². The minimum absolute atomic E-state index is 0.0700. The predicted octanol–water partition coefficient (Wildman–Crippen LogP) is -0.0850. The number of carbonyl (C=O) groups is 2. The first-order chi connectivity index (χ1) is 4.70. The van der Waals surface area contributed by atoms with Gasteiger partial charge in [-0.3, -0.25) is 14.9 Å². The summed E-state index contributed by atoms with van der Waals surface area (Å²) >= 11 is 0. The molecular weight excluding hydrogens is 130 g/mol. The summed E-state index contributed by atoms with van der Waals surface area (Å²) in [6.07, 6.45) is 1.05. The lowest BCUT2D eigenvalue weighted by atomic mass is 9.94. The van der Waals surface area contributed by atoms with E-state index in [-0.39, 0.29) is 17.7 Å². The molecule has 54 valence electrons. The Hall–Kier alpha value is -0.860. The molecule has 2 aliphatic rings. The van der Waals surface area contributed by atoms with Crippen LogP contribution >= 0.6 is 0 Å². The van der Waals surface area contributed by atoms with E-state index in [0.29, 0.717) is 11.8 Å². The average Bonchev–Trinajstić information content (AvgIpc) is 2.46. The zero-order valence-electron chi connectivity index (χ0n) is 5.76. The van der Waals surface area contributed by atoms with Gasteiger partial charge >= 0.3 is 0 Å². The molecule has 0 aromatic carbocycles. The first kappa shape index (κ1) is 5.89. The Kier molecular flexibility index (Phi) is 0.938. The lowest BCUT2D eigenvalue weighted by molar-refractivity contribution is -0.149. The maximum Gasteiger partial charge on any atom is 0.239 e. The van der Waals surface area contributed by atoms with Crippen molar-refractivity contribution in [2.24, 2.45) is 17.8 Å². The Morgan fingerprint density at radius 1 is 1.40 bits per heavy atom. The Morgan fingerprint density at radius 3 is 2.10 bits per heavy atom. The molecule has 0 spiro atoms. The van der Waals surface area contributed by atoms with Gasteiger partial charge in [0, 0.05) is 0 Å². The van der Waals surface area contributed by atoms with Crippen LogP contribution in [0.15, 0.2) is 0 Å². The van der Waals surface area contributed by atoms with Gasteiger partial charge in [0.2, 0.25) is 11.8 Å². The molecule has 0 aromatic rings. The first-order valence-electron chi connectivity index (χ1n) is 3.55. The quantitative estimate of drug-likeness (QED) is 0.408. The number of nitrogens with one attached hydrogen (secondary N) is 1. The number of hydrogen-bond acceptors (Lipinski definition) is 2. The second-order valence-electron chi connectivity index (χ2n) is 3.21. The monoisotopic (exact) mass is 139 g/mol. The molecule has 0 radical (unpaired) electrons. The molecule has 1 saturated heterocycles. The third-order valence-electron chi connectivity index (χ3n) is 2.41. The van der Waals surface area contributed by atoms with E-state index in [1.807, 2.05) is 0 Å². The van der Waals surface area contributed by atoms with Crippen molar-refractivity contribution in [1.29, 1.82) is 0 Å². The lowest BCUT2D eigenvalue weighted by Crippen LogP contribution is -2.55. The van der Waals surface area contributed by atoms with Crippen LogP contribution in [0.4, 0.5) is 0 Å². The molecule has 0 bridgehead atoms. The van der Waals surface area contributed by atoms with E-state index in [1.165, 1.54) is 0 Å². The molecule has 0 aromatic heterocycles. The number of carbonyl (C=O) groups excluding carboxylic acids is 2. The fraction of sp³-hybridized carbons (Fsp3) is 0.714. The molecule has 1 aliphatic carbocycles. The second-order valence-corrected chi connectivity index (χ2v) is 3.21. The van der Waals surface area contributed by atoms with E-state index in [2.05, 4.69) is 12.2 Å². The van der Waals surface area contributed by atoms with Gasteiger partial charge in [-0.05, 0) is 18.3 Å². The van der Waals surface area contributed by atoms with Gasteiger partial charge in [0.05, 0.1) is 0 Å². The summed E-state index contributed by atoms with van der Waals surface area (Å²) in [4.78, 5) is 21.5. The normalized spacial score (nSPS) is 38.9. The second kappa shape index (κ2) is 1.59. The van der Waals surface area contributed by atoms with Crippen LogP contribution in [0.25, 0.3) is 0 Å². The van der Waals surface area contributed by atoms with E-state index >= 15 is 0 Å². The van der Waals surface area contributed by atoms with E-state index in [0.717, 1.165) is 6.42 Å². The fourth-order valence-corrected chi connectivity index (χ4v) is 1.52. The molecule has 1 unspecified atom stereocenters. The smallest absolute Gasteiger partial charge is 0.239 e. The zero-order chi connectivity index (χ0) is 7.30. The highest BCUT2D eigenvalue weighted by Gasteiger charge is 2.52. The van der Waals surface area contributed by atoms with Crippen molar-refractivity contribution in [2.45, 2.75) is 13.3 Å². The Balaban J connectivity index is 2.05. The number of imide groups is 1. The van der Waals surface area contributed by atoms with Crippen LogP contribution in [0.5, 0.6) is 0 Å². The van der Waals surface area contributed by atoms with Crippen LogP contribution in [0, 0.1) is 17.8 Å². The van der Waals surface area contributed by atoms with Gasteiger partial charge in [0.25, 0.3) is 0 Å². The van der Waals surface area contributed by atoms with E-state index < -0.39 is 0 Å². The highest BCUT2D eigenvalue weighted by atomic mass is 16.2. The largest absolute Gasteiger partial charge is 0.295 e. The minimum Gasteiger partial charge on any atom is -0.295 e. The highest BCUT2D eigenvalue weighted by Crippen LogP contribution is 2.45. The molecule has 2 rings (SSSR count). The maximum atomic E-state index is 10.7. The van der Waals surface area contributed by atoms with Gasteiger partial charge in [-0.15, -0.1) is 0 Å². The minimum atomic E-state index is -0.282. The molecule has 2 fully saturated rings. The van der Waals surface area contributed by atoms with Crippen LogP contribution in [0.1, 0.15) is 13.3 Å². The molecule has 1 aliphatic heterocycles. The standard InChI is InChI=1S/C7H9NO2/c1-3-2-4(3)5-6(9)8-7(5)10/h3-5H,2H2,1H3,(H,8,9,10)/t3-,4?/m1/s1. The third-order valence-corrected chi connectivity index (χ3v) is 2.41. The Morgan fingerprint density at radius 2 is 1.90 bits per heavy atom. The molecule has 2 amide bonds. The predicted molar refractivity (Wildman–Crippen MR) is 33.9 cm³/mol. The lowest BCUT2D eigenvalue weighted by Gasteiger charge is -2.23. The average molecular weight is 139 g/mol. The van der Waals surface area contributed by atoms with Crippen molar-refractivity contribution in [1.82, 2.24) is 5.32 Å². The van der Waals surface area contributed by atoms with Crippen molar-refractivity contribution in [2.75, 3.05) is 0 Å². The van der Waals surface area contributed by atoms with E-state index in [1.54, 1.807) is 0 Å². The van der Waals surface area contributed by atoms with Gasteiger partial charge in [-0.1, -0.05) is 6.92 Å². The van der Waals surface area contributed by atoms with Crippen LogP contribution in [0.3, 0.4) is 0 Å². The van der Waals surface area contributed by atoms with Gasteiger partial charge in [0.15, 0.2) is 0 Å². The molecule has 3 heteroatoms. The molecule has 1 saturated carbocycles. The van der Waals surface area contributed by atoms with Crippen LogP contribution in [0.2, 0.25) is 0 Å². The number of hydrogen-bond donors (Lipinski definition) is 1. The molecular formula is C7H9NO2. The number of amides is 2. The Bertz CT molecular complexity index is 198. The van der Waals surface area contributed by atoms with Crippen LogP contribution in [-0.4, -0.2) is 11.8 Å². The molecule has 2 atom stereocenters. The summed E-state index contributed by atoms with van der Waals surface area (Å²) < 4.78 is 0. The molecule has 10 heavy (non-hydrogen) atoms. The summed E-state index contributed by atoms with van der Waals surface area (Å²) in [6, 6.07) is 0. The number of rotatable bonds is 1. The van der Waals surface area contributed by atoms with E-state index in [9.17, 15) is 9.59 Å². The molecule has 1 N–H and O–H groups in total. The third kappa shape index (κ3) is 0.602. The van der Waals surface area contributed by atoms with Gasteiger partial charge in [-0.25, -0.2) is 0 Å². The van der Waals surface area contributed by atoms with Crippen molar-refractivity contribution in [3.63, 3.8) is 0 Å². The van der Waals surface area contributed by atoms with Crippen molar-refractivity contribution in [3.8, 4) is 0 Å². The summed E-state index contributed by atoms with van der Waals surface area (Å²) in [5, 5.41) is 2.22. The zero-order valence-corrected chi connectivity index (χ0v) is 5.76. The SMILES string of the molecule is C[C@@H]1CC1C1C(=O)NC1=O. The highest BCUT2D eigenvalue weighted by molar-refractivity contribution is 6.18. The van der Waals surface area contributed by atoms with E-state index in [4.69, 9.17) is 0 Å². The van der Waals surface area contributed by atoms with Crippen LogP contribution < -0.4 is 5.32 Å². The summed E-state index contributed by atoms with van der Waals surface area (Å²) in [6.45, 7) is 2.07. The van der Waals surface area contributed by atoms with Crippen molar-refractivity contribution >= 4 is 11.8 Å². The molecule has 1 heterocycles. The van der Waals surface area contributed by atoms with Gasteiger partial charge < -0.3 is 0 Å². The summed E-state index contributed by atoms with van der Waals surface area (Å²) in [5.41, 5.74) is 0. The van der Waals surface area contributed by atoms with Crippen molar-refractivity contribution in [3.05, 3.63) is 0 Å². The fourth-order valence-electron chi connectivity index (χ4n) is 1.52. The topological polar surface area (TPSA) is 46.2 Å². The van der Waals surface area contributed by atoms with Crippen molar-refractivity contribution < 1.29 is 9.59 Å². The molecule has 3 nitrogen and oxygen atoms in total. The van der Waals surface area contributed by atoms with Gasteiger partial charge in [-0.2, -0.15) is 0 Å². The summed E-state index contributed by atoms with van der Waals surface area (Å²) in [5.74, 6) is 0.523. The first-order valence-corrected chi connectivity index (χ1v) is 3.55. The number of β-lactam (4-membered cyclic amide) rings is 2. The van der Waals surface area contributed by atoms with Crippen LogP contribution in [-0.2, 0) is 9.59 Å².